The summed E-state index contributed by atoms with van der Waals surface area (Å²) in [5.74, 6) is -0.268. The van der Waals surface area contributed by atoms with Crippen LogP contribution in [0.3, 0.4) is 0 Å². The van der Waals surface area contributed by atoms with Gasteiger partial charge in [0.2, 0.25) is 0 Å². The van der Waals surface area contributed by atoms with E-state index in [4.69, 9.17) is 11.1 Å². The summed E-state index contributed by atoms with van der Waals surface area (Å²) >= 11 is 1.25. The van der Waals surface area contributed by atoms with Gasteiger partial charge in [0.25, 0.3) is 0 Å². The topological polar surface area (TPSA) is 101 Å². The first-order valence-electron chi connectivity index (χ1n) is 5.36. The van der Waals surface area contributed by atoms with Crippen LogP contribution in [0.5, 0.6) is 0 Å². The van der Waals surface area contributed by atoms with Gasteiger partial charge in [-0.05, 0) is 11.6 Å². The number of aromatic amines is 1. The zero-order chi connectivity index (χ0) is 14.0. The van der Waals surface area contributed by atoms with Crippen LogP contribution in [0.15, 0.2) is 28.2 Å². The second kappa shape index (κ2) is 5.27. The maximum absolute atomic E-state index is 13.8. The fourth-order valence-electron chi connectivity index (χ4n) is 1.44. The molecule has 0 bridgehead atoms. The summed E-state index contributed by atoms with van der Waals surface area (Å²) in [5, 5.41) is 13.8. The van der Waals surface area contributed by atoms with Crippen LogP contribution < -0.4 is 11.4 Å². The fraction of sp³-hybridized carbons (Fsp3) is 0.182. The van der Waals surface area contributed by atoms with Crippen molar-refractivity contribution in [1.82, 2.24) is 14.8 Å². The molecule has 4 N–H and O–H groups in total. The van der Waals surface area contributed by atoms with Gasteiger partial charge in [0.05, 0.1) is 0 Å². The van der Waals surface area contributed by atoms with Gasteiger partial charge >= 0.3 is 5.69 Å². The molecule has 2 rings (SSSR count). The fourth-order valence-corrected chi connectivity index (χ4v) is 2.34. The highest BCUT2D eigenvalue weighted by Gasteiger charge is 2.09. The molecule has 6 nitrogen and oxygen atoms in total. The SMILES string of the molecule is Cn1c(SCc2ccc(C(=N)N)cc2F)n[nH]c1=O. The van der Waals surface area contributed by atoms with E-state index in [1.165, 1.54) is 22.4 Å². The molecular formula is C11H12FN5OS. The third-order valence-electron chi connectivity index (χ3n) is 2.56. The van der Waals surface area contributed by atoms with Gasteiger partial charge < -0.3 is 5.73 Å². The van der Waals surface area contributed by atoms with Crippen LogP contribution in [-0.4, -0.2) is 20.6 Å². The number of nitrogen functional groups attached to an aromatic ring is 1. The van der Waals surface area contributed by atoms with Crippen LogP contribution >= 0.6 is 11.8 Å². The molecule has 0 fully saturated rings. The summed E-state index contributed by atoms with van der Waals surface area (Å²) in [4.78, 5) is 11.2. The van der Waals surface area contributed by atoms with Crippen molar-refractivity contribution in [2.24, 2.45) is 12.8 Å². The van der Waals surface area contributed by atoms with Gasteiger partial charge in [0.1, 0.15) is 11.7 Å². The lowest BCUT2D eigenvalue weighted by molar-refractivity contribution is 0.616. The minimum Gasteiger partial charge on any atom is -0.384 e. The Kier molecular flexibility index (Phi) is 3.70. The van der Waals surface area contributed by atoms with Crippen molar-refractivity contribution in [1.29, 1.82) is 5.41 Å². The predicted molar refractivity (Wildman–Crippen MR) is 70.8 cm³/mol. The molecule has 0 radical (unpaired) electrons. The lowest BCUT2D eigenvalue weighted by Crippen LogP contribution is -2.13. The molecule has 0 aliphatic rings. The summed E-state index contributed by atoms with van der Waals surface area (Å²) in [6.07, 6.45) is 0. The normalized spacial score (nSPS) is 10.6. The summed E-state index contributed by atoms with van der Waals surface area (Å²) in [6, 6.07) is 4.39. The van der Waals surface area contributed by atoms with Crippen LogP contribution in [0.25, 0.3) is 0 Å². The Morgan fingerprint density at radius 3 is 2.89 bits per heavy atom. The van der Waals surface area contributed by atoms with Crippen LogP contribution in [0, 0.1) is 11.2 Å². The molecule has 1 aromatic heterocycles. The monoisotopic (exact) mass is 281 g/mol. The van der Waals surface area contributed by atoms with Crippen LogP contribution in [0.2, 0.25) is 0 Å². The van der Waals surface area contributed by atoms with Gasteiger partial charge in [-0.2, -0.15) is 0 Å². The van der Waals surface area contributed by atoms with Gasteiger partial charge in [-0.15, -0.1) is 5.10 Å². The average Bonchev–Trinajstić information content (AvgIpc) is 2.68. The summed E-state index contributed by atoms with van der Waals surface area (Å²) in [5.41, 5.74) is 5.78. The number of nitrogens with zero attached hydrogens (tertiary/aromatic N) is 2. The maximum Gasteiger partial charge on any atom is 0.343 e. The highest BCUT2D eigenvalue weighted by Crippen LogP contribution is 2.21. The first-order chi connectivity index (χ1) is 8.99. The van der Waals surface area contributed by atoms with Crippen LogP contribution in [0.1, 0.15) is 11.1 Å². The second-order valence-corrected chi connectivity index (χ2v) is 4.82. The number of aromatic nitrogens is 3. The van der Waals surface area contributed by atoms with E-state index in [0.717, 1.165) is 0 Å². The van der Waals surface area contributed by atoms with Crippen LogP contribution in [0.4, 0.5) is 4.39 Å². The Bertz CT molecular complexity index is 678. The molecule has 8 heteroatoms. The first-order valence-corrected chi connectivity index (χ1v) is 6.34. The molecule has 0 atom stereocenters. The molecule has 19 heavy (non-hydrogen) atoms. The summed E-state index contributed by atoms with van der Waals surface area (Å²) in [6.45, 7) is 0. The zero-order valence-corrected chi connectivity index (χ0v) is 10.9. The molecule has 2 aromatic rings. The number of nitrogens with one attached hydrogen (secondary N) is 2. The van der Waals surface area contributed by atoms with Crippen molar-refractivity contribution in [3.8, 4) is 0 Å². The minimum atomic E-state index is -0.430. The van der Waals surface area contributed by atoms with E-state index in [0.29, 0.717) is 22.0 Å². The van der Waals surface area contributed by atoms with Crippen molar-refractivity contribution in [3.05, 3.63) is 45.6 Å². The minimum absolute atomic E-state index is 0.173. The van der Waals surface area contributed by atoms with E-state index < -0.39 is 5.82 Å². The molecule has 1 heterocycles. The van der Waals surface area contributed by atoms with E-state index in [1.54, 1.807) is 19.2 Å². The van der Waals surface area contributed by atoms with Crippen molar-refractivity contribution in [2.45, 2.75) is 10.9 Å². The zero-order valence-electron chi connectivity index (χ0n) is 10.1. The Morgan fingerprint density at radius 2 is 2.37 bits per heavy atom. The van der Waals surface area contributed by atoms with Gasteiger partial charge in [0.15, 0.2) is 5.16 Å². The van der Waals surface area contributed by atoms with Crippen molar-refractivity contribution < 1.29 is 4.39 Å². The van der Waals surface area contributed by atoms with Crippen molar-refractivity contribution >= 4 is 17.6 Å². The quantitative estimate of drug-likeness (QED) is 0.439. The van der Waals surface area contributed by atoms with E-state index >= 15 is 0 Å². The molecule has 0 aliphatic heterocycles. The van der Waals surface area contributed by atoms with Crippen molar-refractivity contribution in [3.63, 3.8) is 0 Å². The number of amidine groups is 1. The van der Waals surface area contributed by atoms with E-state index in [9.17, 15) is 9.18 Å². The number of thioether (sulfide) groups is 1. The van der Waals surface area contributed by atoms with Crippen LogP contribution in [-0.2, 0) is 12.8 Å². The second-order valence-electron chi connectivity index (χ2n) is 3.88. The highest BCUT2D eigenvalue weighted by atomic mass is 32.2. The van der Waals surface area contributed by atoms with Crippen molar-refractivity contribution in [2.75, 3.05) is 0 Å². The molecule has 100 valence electrons. The number of H-pyrrole nitrogens is 1. The Hall–Kier alpha value is -2.09. The highest BCUT2D eigenvalue weighted by molar-refractivity contribution is 7.98. The molecule has 0 amide bonds. The maximum atomic E-state index is 13.8. The number of hydrogen-bond acceptors (Lipinski definition) is 4. The molecule has 0 saturated heterocycles. The molecule has 0 saturated carbocycles. The summed E-state index contributed by atoms with van der Waals surface area (Å²) in [7, 11) is 1.59. The molecule has 0 spiro atoms. The molecule has 0 unspecified atom stereocenters. The third kappa shape index (κ3) is 2.84. The number of hydrogen-bond donors (Lipinski definition) is 3. The number of rotatable bonds is 4. The smallest absolute Gasteiger partial charge is 0.343 e. The average molecular weight is 281 g/mol. The first kappa shape index (κ1) is 13.3. The van der Waals surface area contributed by atoms with Gasteiger partial charge in [0, 0.05) is 18.4 Å². The van der Waals surface area contributed by atoms with Gasteiger partial charge in [-0.3, -0.25) is 9.98 Å². The molecule has 1 aromatic carbocycles. The Morgan fingerprint density at radius 1 is 1.63 bits per heavy atom. The summed E-state index contributed by atoms with van der Waals surface area (Å²) < 4.78 is 15.1. The largest absolute Gasteiger partial charge is 0.384 e. The predicted octanol–water partition coefficient (Wildman–Crippen LogP) is 0.824. The standard InChI is InChI=1S/C11H12FN5OS/c1-17-10(18)15-16-11(17)19-5-7-3-2-6(9(13)14)4-8(7)12/h2-4H,5H2,1H3,(H3,13,14)(H,15,18). The van der Waals surface area contributed by atoms with Gasteiger partial charge in [-0.25, -0.2) is 14.3 Å². The lowest BCUT2D eigenvalue weighted by atomic mass is 10.1. The Balaban J connectivity index is 2.14. The van der Waals surface area contributed by atoms with E-state index in [1.807, 2.05) is 0 Å². The van der Waals surface area contributed by atoms with Gasteiger partial charge in [-0.1, -0.05) is 23.9 Å². The Labute approximate surface area is 112 Å². The molecule has 0 aliphatic carbocycles. The number of halogens is 1. The number of benzene rings is 1. The van der Waals surface area contributed by atoms with E-state index in [2.05, 4.69) is 10.2 Å². The van der Waals surface area contributed by atoms with E-state index in [-0.39, 0.29) is 11.5 Å². The third-order valence-corrected chi connectivity index (χ3v) is 3.64. The lowest BCUT2D eigenvalue weighted by Gasteiger charge is -2.05. The number of nitrogens with two attached hydrogens (primary N) is 1. The molecular weight excluding hydrogens is 269 g/mol.